The van der Waals surface area contributed by atoms with E-state index in [0.717, 1.165) is 28.6 Å². The molecule has 31 heavy (non-hydrogen) atoms. The molecule has 2 aromatic heterocycles. The van der Waals surface area contributed by atoms with E-state index in [0.29, 0.717) is 17.8 Å². The predicted octanol–water partition coefficient (Wildman–Crippen LogP) is 4.96. The van der Waals surface area contributed by atoms with Gasteiger partial charge in [0.15, 0.2) is 0 Å². The molecule has 0 radical (unpaired) electrons. The van der Waals surface area contributed by atoms with Crippen molar-refractivity contribution in [2.75, 3.05) is 6.54 Å². The van der Waals surface area contributed by atoms with Crippen molar-refractivity contribution < 1.29 is 9.18 Å². The number of amides is 1. The second kappa shape index (κ2) is 8.30. The summed E-state index contributed by atoms with van der Waals surface area (Å²) >= 11 is 0. The Morgan fingerprint density at radius 3 is 2.68 bits per heavy atom. The normalized spacial score (nSPS) is 11.6. The fourth-order valence-electron chi connectivity index (χ4n) is 3.59. The van der Waals surface area contributed by atoms with E-state index < -0.39 is 5.41 Å². The van der Waals surface area contributed by atoms with E-state index in [1.165, 1.54) is 12.1 Å². The lowest BCUT2D eigenvalue weighted by Crippen LogP contribution is -2.36. The largest absolute Gasteiger partial charge is 0.351 e. The first-order chi connectivity index (χ1) is 14.9. The number of carbonyl (C=O) groups is 1. The van der Waals surface area contributed by atoms with Gasteiger partial charge in [-0.25, -0.2) is 9.37 Å². The van der Waals surface area contributed by atoms with Gasteiger partial charge in [0.25, 0.3) is 5.91 Å². The van der Waals surface area contributed by atoms with Crippen LogP contribution in [0.25, 0.3) is 22.2 Å². The molecule has 0 unspecified atom stereocenters. The van der Waals surface area contributed by atoms with Gasteiger partial charge in [-0.15, -0.1) is 0 Å². The molecule has 1 amide bonds. The van der Waals surface area contributed by atoms with E-state index in [1.807, 2.05) is 68.0 Å². The van der Waals surface area contributed by atoms with Crippen LogP contribution in [0.4, 0.5) is 4.39 Å². The Morgan fingerprint density at radius 1 is 1.13 bits per heavy atom. The molecule has 4 aromatic rings. The number of benzene rings is 2. The maximum absolute atomic E-state index is 13.7. The van der Waals surface area contributed by atoms with Gasteiger partial charge in [0.2, 0.25) is 0 Å². The van der Waals surface area contributed by atoms with Crippen LogP contribution in [-0.4, -0.2) is 27.2 Å². The number of hydrogen-bond donors (Lipinski definition) is 1. The maximum Gasteiger partial charge on any atom is 0.252 e. The van der Waals surface area contributed by atoms with Crippen molar-refractivity contribution in [1.29, 1.82) is 0 Å². The molecule has 0 aliphatic carbocycles. The molecule has 2 aromatic carbocycles. The number of carbonyl (C=O) groups excluding carboxylic acids is 1. The lowest BCUT2D eigenvalue weighted by atomic mass is 9.84. The highest BCUT2D eigenvalue weighted by Gasteiger charge is 2.23. The number of pyridine rings is 1. The number of para-hydroxylation sites is 1. The summed E-state index contributed by atoms with van der Waals surface area (Å²) in [4.78, 5) is 17.9. The second-order valence-corrected chi connectivity index (χ2v) is 8.23. The minimum atomic E-state index is -0.425. The molecule has 0 aliphatic heterocycles. The maximum atomic E-state index is 13.7. The van der Waals surface area contributed by atoms with Gasteiger partial charge in [0.05, 0.1) is 23.0 Å². The monoisotopic (exact) mass is 416 g/mol. The third-order valence-corrected chi connectivity index (χ3v) is 5.51. The topological polar surface area (TPSA) is 59.8 Å². The zero-order chi connectivity index (χ0) is 22.0. The summed E-state index contributed by atoms with van der Waals surface area (Å²) in [5.41, 5.74) is 3.28. The number of hydrogen-bond acceptors (Lipinski definition) is 3. The van der Waals surface area contributed by atoms with Gasteiger partial charge in [0, 0.05) is 35.7 Å². The van der Waals surface area contributed by atoms with Crippen molar-refractivity contribution in [1.82, 2.24) is 20.1 Å². The predicted molar refractivity (Wildman–Crippen MR) is 120 cm³/mol. The summed E-state index contributed by atoms with van der Waals surface area (Å²) in [5.74, 6) is -0.471. The van der Waals surface area contributed by atoms with Crippen LogP contribution in [0, 0.1) is 5.82 Å². The number of rotatable bonds is 6. The van der Waals surface area contributed by atoms with Crippen molar-refractivity contribution in [3.63, 3.8) is 0 Å². The average molecular weight is 417 g/mol. The van der Waals surface area contributed by atoms with Crippen molar-refractivity contribution >= 4 is 16.8 Å². The zero-order valence-corrected chi connectivity index (χ0v) is 17.9. The molecule has 0 fully saturated rings. The van der Waals surface area contributed by atoms with Gasteiger partial charge >= 0.3 is 0 Å². The lowest BCUT2D eigenvalue weighted by molar-refractivity contribution is 0.0947. The van der Waals surface area contributed by atoms with Gasteiger partial charge < -0.3 is 5.32 Å². The Morgan fingerprint density at radius 2 is 1.94 bits per heavy atom. The van der Waals surface area contributed by atoms with E-state index in [-0.39, 0.29) is 11.7 Å². The van der Waals surface area contributed by atoms with Gasteiger partial charge in [-0.3, -0.25) is 9.48 Å². The molecule has 0 atom stereocenters. The number of fused-ring (bicyclic) bond motifs is 1. The van der Waals surface area contributed by atoms with E-state index in [1.54, 1.807) is 12.3 Å². The number of halogens is 1. The summed E-state index contributed by atoms with van der Waals surface area (Å²) in [6.45, 7) is 7.11. The smallest absolute Gasteiger partial charge is 0.252 e. The van der Waals surface area contributed by atoms with Gasteiger partial charge in [-0.05, 0) is 36.8 Å². The molecular formula is C25H25FN4O. The molecule has 0 aliphatic rings. The first-order valence-corrected chi connectivity index (χ1v) is 10.3. The molecule has 5 nitrogen and oxygen atoms in total. The number of nitrogens with one attached hydrogen (secondary N) is 1. The van der Waals surface area contributed by atoms with Crippen molar-refractivity contribution in [2.24, 2.45) is 0 Å². The Kier molecular flexibility index (Phi) is 5.55. The van der Waals surface area contributed by atoms with Crippen molar-refractivity contribution in [3.05, 3.63) is 83.9 Å². The molecule has 2 heterocycles. The highest BCUT2D eigenvalue weighted by Crippen LogP contribution is 2.26. The first-order valence-electron chi connectivity index (χ1n) is 10.3. The van der Waals surface area contributed by atoms with Crippen LogP contribution in [0.5, 0.6) is 0 Å². The van der Waals surface area contributed by atoms with Gasteiger partial charge in [-0.1, -0.05) is 44.2 Å². The molecule has 0 bridgehead atoms. The average Bonchev–Trinajstić information content (AvgIpc) is 3.26. The Hall–Kier alpha value is -3.54. The number of aromatic nitrogens is 3. The van der Waals surface area contributed by atoms with Crippen LogP contribution in [0.2, 0.25) is 0 Å². The Bertz CT molecular complexity index is 1250. The van der Waals surface area contributed by atoms with E-state index in [2.05, 4.69) is 10.4 Å². The summed E-state index contributed by atoms with van der Waals surface area (Å²) in [7, 11) is 0. The Labute approximate surface area is 180 Å². The molecule has 0 spiro atoms. The third-order valence-electron chi connectivity index (χ3n) is 5.51. The van der Waals surface area contributed by atoms with Crippen LogP contribution >= 0.6 is 0 Å². The molecular weight excluding hydrogens is 391 g/mol. The summed E-state index contributed by atoms with van der Waals surface area (Å²) in [6, 6.07) is 15.9. The number of nitrogens with zero attached hydrogens (tertiary/aromatic N) is 3. The minimum absolute atomic E-state index is 0.188. The van der Waals surface area contributed by atoms with Crippen LogP contribution in [-0.2, 0) is 12.0 Å². The van der Waals surface area contributed by atoms with E-state index in [9.17, 15) is 9.18 Å². The van der Waals surface area contributed by atoms with Crippen LogP contribution in [0.1, 0.15) is 36.7 Å². The SMILES string of the molecule is CCn1cc(-c2cc(C(=O)NCC(C)(C)c3cccc(F)c3)c3ccccc3n2)cn1. The lowest BCUT2D eigenvalue weighted by Gasteiger charge is -2.26. The standard InChI is InChI=1S/C25H25FN4O/c1-4-30-15-17(14-28-30)23-13-21(20-10-5-6-11-22(20)29-23)24(31)27-16-25(2,3)18-8-7-9-19(26)12-18/h5-15H,4,16H2,1-3H3,(H,27,31). The molecule has 6 heteroatoms. The van der Waals surface area contributed by atoms with Crippen LogP contribution in [0.15, 0.2) is 67.0 Å². The van der Waals surface area contributed by atoms with Gasteiger partial charge in [0.1, 0.15) is 5.82 Å². The zero-order valence-electron chi connectivity index (χ0n) is 17.9. The van der Waals surface area contributed by atoms with Crippen LogP contribution in [0.3, 0.4) is 0 Å². The van der Waals surface area contributed by atoms with Crippen molar-refractivity contribution in [2.45, 2.75) is 32.7 Å². The fourth-order valence-corrected chi connectivity index (χ4v) is 3.59. The molecule has 158 valence electrons. The second-order valence-electron chi connectivity index (χ2n) is 8.23. The quantitative estimate of drug-likeness (QED) is 0.483. The number of aryl methyl sites for hydroxylation is 1. The third kappa shape index (κ3) is 4.33. The van der Waals surface area contributed by atoms with Crippen LogP contribution < -0.4 is 5.32 Å². The van der Waals surface area contributed by atoms with E-state index in [4.69, 9.17) is 4.98 Å². The summed E-state index contributed by atoms with van der Waals surface area (Å²) < 4.78 is 15.5. The summed E-state index contributed by atoms with van der Waals surface area (Å²) in [6.07, 6.45) is 3.68. The first kappa shape index (κ1) is 20.7. The molecule has 4 rings (SSSR count). The van der Waals surface area contributed by atoms with Crippen molar-refractivity contribution in [3.8, 4) is 11.3 Å². The van der Waals surface area contributed by atoms with Gasteiger partial charge in [-0.2, -0.15) is 5.10 Å². The highest BCUT2D eigenvalue weighted by molar-refractivity contribution is 6.07. The highest BCUT2D eigenvalue weighted by atomic mass is 19.1. The molecule has 1 N–H and O–H groups in total. The van der Waals surface area contributed by atoms with E-state index >= 15 is 0 Å². The molecule has 0 saturated carbocycles. The molecule has 0 saturated heterocycles. The fraction of sp³-hybridized carbons (Fsp3) is 0.240. The summed E-state index contributed by atoms with van der Waals surface area (Å²) in [5, 5.41) is 8.14. The Balaban J connectivity index is 1.65. The minimum Gasteiger partial charge on any atom is -0.351 e.